The number of ether oxygens (including phenoxy) is 1. The van der Waals surface area contributed by atoms with Crippen molar-refractivity contribution in [1.29, 1.82) is 0 Å². The first-order valence-corrected chi connectivity index (χ1v) is 5.05. The predicted octanol–water partition coefficient (Wildman–Crippen LogP) is 1.28. The van der Waals surface area contributed by atoms with Gasteiger partial charge in [0.1, 0.15) is 5.75 Å². The Morgan fingerprint density at radius 2 is 2.25 bits per heavy atom. The molecule has 0 spiro atoms. The van der Waals surface area contributed by atoms with Gasteiger partial charge in [-0.15, -0.1) is 0 Å². The number of benzene rings is 1. The minimum atomic E-state index is -0.383. The highest BCUT2D eigenvalue weighted by molar-refractivity contribution is 5.92. The molecule has 1 rings (SSSR count). The molecule has 0 heterocycles. The molecule has 0 radical (unpaired) electrons. The highest BCUT2D eigenvalue weighted by atomic mass is 16.5. The first-order valence-electron chi connectivity index (χ1n) is 5.05. The summed E-state index contributed by atoms with van der Waals surface area (Å²) in [6.45, 7) is 2.05. The number of nitrogens with one attached hydrogen (secondary N) is 1. The van der Waals surface area contributed by atoms with Crippen LogP contribution in [-0.4, -0.2) is 20.2 Å². The molecule has 1 aromatic rings. The molecule has 0 atom stereocenters. The number of hydrogen-bond acceptors (Lipinski definition) is 3. The van der Waals surface area contributed by atoms with Crippen LogP contribution in [0.4, 0.5) is 10.5 Å². The summed E-state index contributed by atoms with van der Waals surface area (Å²) in [5.74, 6) is 5.73. The zero-order valence-corrected chi connectivity index (χ0v) is 9.78. The van der Waals surface area contributed by atoms with Crippen molar-refractivity contribution < 1.29 is 9.53 Å². The number of hydrazine groups is 1. The van der Waals surface area contributed by atoms with E-state index in [4.69, 9.17) is 10.6 Å². The van der Waals surface area contributed by atoms with Crippen LogP contribution >= 0.6 is 0 Å². The summed E-state index contributed by atoms with van der Waals surface area (Å²) in [6.07, 6.45) is 0.898. The zero-order valence-electron chi connectivity index (χ0n) is 9.78. The fourth-order valence-electron chi connectivity index (χ4n) is 1.42. The van der Waals surface area contributed by atoms with Gasteiger partial charge < -0.3 is 4.74 Å². The Hall–Kier alpha value is -1.75. The molecule has 0 fully saturated rings. The van der Waals surface area contributed by atoms with Gasteiger partial charge in [-0.25, -0.2) is 10.6 Å². The molecule has 0 aliphatic rings. The summed E-state index contributed by atoms with van der Waals surface area (Å²) in [7, 11) is 3.21. The van der Waals surface area contributed by atoms with Crippen molar-refractivity contribution in [2.45, 2.75) is 13.3 Å². The van der Waals surface area contributed by atoms with Crippen LogP contribution in [0.1, 0.15) is 12.5 Å². The Kier molecular flexibility index (Phi) is 4.13. The van der Waals surface area contributed by atoms with Crippen molar-refractivity contribution in [1.82, 2.24) is 5.43 Å². The molecule has 0 aliphatic heterocycles. The first-order chi connectivity index (χ1) is 7.63. The van der Waals surface area contributed by atoms with Gasteiger partial charge in [-0.1, -0.05) is 13.0 Å². The van der Waals surface area contributed by atoms with Gasteiger partial charge in [0.05, 0.1) is 12.8 Å². The second-order valence-electron chi connectivity index (χ2n) is 3.37. The van der Waals surface area contributed by atoms with Crippen LogP contribution in [0.5, 0.6) is 5.75 Å². The van der Waals surface area contributed by atoms with E-state index in [1.54, 1.807) is 14.2 Å². The van der Waals surface area contributed by atoms with Crippen LogP contribution in [0.3, 0.4) is 0 Å². The average molecular weight is 223 g/mol. The minimum absolute atomic E-state index is 0.383. The molecule has 0 bridgehead atoms. The van der Waals surface area contributed by atoms with E-state index in [1.165, 1.54) is 4.90 Å². The summed E-state index contributed by atoms with van der Waals surface area (Å²) in [5, 5.41) is 0. The Morgan fingerprint density at radius 1 is 1.56 bits per heavy atom. The summed E-state index contributed by atoms with van der Waals surface area (Å²) in [6, 6.07) is 5.34. The van der Waals surface area contributed by atoms with Gasteiger partial charge >= 0.3 is 6.03 Å². The van der Waals surface area contributed by atoms with E-state index in [0.717, 1.165) is 12.0 Å². The zero-order chi connectivity index (χ0) is 12.1. The third kappa shape index (κ3) is 2.43. The molecule has 2 amide bonds. The van der Waals surface area contributed by atoms with Crippen LogP contribution < -0.4 is 20.9 Å². The van der Waals surface area contributed by atoms with Gasteiger partial charge in [0.25, 0.3) is 0 Å². The van der Waals surface area contributed by atoms with Gasteiger partial charge in [0, 0.05) is 7.05 Å². The molecule has 5 heteroatoms. The fourth-order valence-corrected chi connectivity index (χ4v) is 1.42. The van der Waals surface area contributed by atoms with E-state index in [2.05, 4.69) is 12.3 Å². The van der Waals surface area contributed by atoms with E-state index in [-0.39, 0.29) is 6.03 Å². The van der Waals surface area contributed by atoms with Crippen LogP contribution in [0.2, 0.25) is 0 Å². The maximum absolute atomic E-state index is 11.4. The third-order valence-corrected chi connectivity index (χ3v) is 2.44. The monoisotopic (exact) mass is 223 g/mol. The number of nitrogens with two attached hydrogens (primary N) is 1. The minimum Gasteiger partial charge on any atom is -0.495 e. The third-order valence-electron chi connectivity index (χ3n) is 2.44. The normalized spacial score (nSPS) is 9.75. The summed E-state index contributed by atoms with van der Waals surface area (Å²) < 4.78 is 5.20. The van der Waals surface area contributed by atoms with Gasteiger partial charge in [-0.2, -0.15) is 0 Å². The molecule has 0 saturated carbocycles. The highest BCUT2D eigenvalue weighted by Gasteiger charge is 2.14. The number of hydrogen-bond donors (Lipinski definition) is 2. The number of nitrogens with zero attached hydrogens (tertiary/aromatic N) is 1. The molecular weight excluding hydrogens is 206 g/mol. The van der Waals surface area contributed by atoms with Crippen molar-refractivity contribution in [3.63, 3.8) is 0 Å². The maximum atomic E-state index is 11.4. The van der Waals surface area contributed by atoms with E-state index in [1.807, 2.05) is 18.2 Å². The molecule has 0 aliphatic carbocycles. The van der Waals surface area contributed by atoms with Crippen LogP contribution in [0.15, 0.2) is 18.2 Å². The van der Waals surface area contributed by atoms with E-state index >= 15 is 0 Å². The van der Waals surface area contributed by atoms with Crippen molar-refractivity contribution in [2.24, 2.45) is 5.84 Å². The summed E-state index contributed by atoms with van der Waals surface area (Å²) >= 11 is 0. The van der Waals surface area contributed by atoms with Crippen LogP contribution in [0, 0.1) is 0 Å². The van der Waals surface area contributed by atoms with Crippen LogP contribution in [-0.2, 0) is 6.42 Å². The number of urea groups is 1. The Labute approximate surface area is 95.2 Å². The second kappa shape index (κ2) is 5.37. The maximum Gasteiger partial charge on any atom is 0.335 e. The van der Waals surface area contributed by atoms with Gasteiger partial charge in [0.15, 0.2) is 0 Å². The number of rotatable bonds is 3. The first kappa shape index (κ1) is 12.3. The Bertz CT molecular complexity index is 379. The average Bonchev–Trinajstić information content (AvgIpc) is 2.35. The SMILES string of the molecule is CCc1ccc(OC)c(N(C)C(=O)NN)c1. The summed E-state index contributed by atoms with van der Waals surface area (Å²) in [4.78, 5) is 12.8. The van der Waals surface area contributed by atoms with E-state index < -0.39 is 0 Å². The lowest BCUT2D eigenvalue weighted by atomic mass is 10.1. The molecule has 16 heavy (non-hydrogen) atoms. The van der Waals surface area contributed by atoms with Crippen LogP contribution in [0.25, 0.3) is 0 Å². The number of methoxy groups -OCH3 is 1. The van der Waals surface area contributed by atoms with Crippen molar-refractivity contribution in [2.75, 3.05) is 19.1 Å². The quantitative estimate of drug-likeness (QED) is 0.461. The highest BCUT2D eigenvalue weighted by Crippen LogP contribution is 2.28. The topological polar surface area (TPSA) is 67.6 Å². The largest absolute Gasteiger partial charge is 0.495 e. The molecule has 5 nitrogen and oxygen atoms in total. The van der Waals surface area contributed by atoms with Crippen molar-refractivity contribution in [3.8, 4) is 5.75 Å². The fraction of sp³-hybridized carbons (Fsp3) is 0.364. The molecule has 0 saturated heterocycles. The Balaban J connectivity index is 3.12. The van der Waals surface area contributed by atoms with E-state index in [0.29, 0.717) is 11.4 Å². The van der Waals surface area contributed by atoms with Crippen molar-refractivity contribution >= 4 is 11.7 Å². The number of carbonyl (C=O) groups excluding carboxylic acids is 1. The lowest BCUT2D eigenvalue weighted by Gasteiger charge is -2.19. The molecule has 0 unspecified atom stereocenters. The van der Waals surface area contributed by atoms with Crippen molar-refractivity contribution in [3.05, 3.63) is 23.8 Å². The number of amides is 2. The predicted molar refractivity (Wildman–Crippen MR) is 63.5 cm³/mol. The number of aryl methyl sites for hydroxylation is 1. The van der Waals surface area contributed by atoms with Gasteiger partial charge in [-0.05, 0) is 24.1 Å². The smallest absolute Gasteiger partial charge is 0.335 e. The number of anilines is 1. The summed E-state index contributed by atoms with van der Waals surface area (Å²) in [5.41, 5.74) is 3.91. The standard InChI is InChI=1S/C11H17N3O2/c1-4-8-5-6-10(16-3)9(7-8)14(2)11(15)13-12/h5-7H,4,12H2,1-3H3,(H,13,15). The molecular formula is C11H17N3O2. The molecule has 88 valence electrons. The number of carbonyl (C=O) groups is 1. The molecule has 0 aromatic heterocycles. The molecule has 3 N–H and O–H groups in total. The lowest BCUT2D eigenvalue weighted by molar-refractivity contribution is 0.247. The second-order valence-corrected chi connectivity index (χ2v) is 3.37. The Morgan fingerprint density at radius 3 is 2.75 bits per heavy atom. The lowest BCUT2D eigenvalue weighted by Crippen LogP contribution is -2.41. The van der Waals surface area contributed by atoms with Gasteiger partial charge in [0.2, 0.25) is 0 Å². The van der Waals surface area contributed by atoms with Gasteiger partial charge in [-0.3, -0.25) is 10.3 Å². The van der Waals surface area contributed by atoms with E-state index in [9.17, 15) is 4.79 Å². The molecule has 1 aromatic carbocycles.